The fraction of sp³-hybridized carbons (Fsp3) is 0.417. The minimum Gasteiger partial charge on any atom is -0.325 e. The molecule has 88 valence electrons. The first kappa shape index (κ1) is 13.2. The van der Waals surface area contributed by atoms with Crippen molar-refractivity contribution in [2.24, 2.45) is 5.73 Å². The molecule has 0 bridgehead atoms. The van der Waals surface area contributed by atoms with Crippen molar-refractivity contribution in [3.8, 4) is 0 Å². The van der Waals surface area contributed by atoms with Crippen molar-refractivity contribution in [2.75, 3.05) is 5.32 Å². The maximum atomic E-state index is 11.9. The second-order valence-corrected chi connectivity index (χ2v) is 5.04. The molecule has 0 saturated carbocycles. The molecule has 0 aliphatic rings. The van der Waals surface area contributed by atoms with Gasteiger partial charge in [0.1, 0.15) is 0 Å². The van der Waals surface area contributed by atoms with Crippen LogP contribution in [0.15, 0.2) is 28.7 Å². The summed E-state index contributed by atoms with van der Waals surface area (Å²) in [4.78, 5) is 11.9. The Kier molecular flexibility index (Phi) is 4.50. The van der Waals surface area contributed by atoms with Crippen molar-refractivity contribution >= 4 is 27.5 Å². The number of carbonyl (C=O) groups excluding carboxylic acids is 1. The topological polar surface area (TPSA) is 55.1 Å². The zero-order valence-corrected chi connectivity index (χ0v) is 11.2. The van der Waals surface area contributed by atoms with Crippen LogP contribution in [0.1, 0.15) is 26.7 Å². The summed E-state index contributed by atoms with van der Waals surface area (Å²) in [6.45, 7) is 3.77. The molecule has 3 N–H and O–H groups in total. The first-order valence-electron chi connectivity index (χ1n) is 5.31. The molecule has 0 heterocycles. The fourth-order valence-corrected chi connectivity index (χ4v) is 1.70. The molecule has 1 aromatic carbocycles. The third-order valence-corrected chi connectivity index (χ3v) is 2.92. The summed E-state index contributed by atoms with van der Waals surface area (Å²) in [5, 5.41) is 2.81. The summed E-state index contributed by atoms with van der Waals surface area (Å²) in [6.07, 6.45) is 1.57. The molecule has 3 nitrogen and oxygen atoms in total. The second-order valence-electron chi connectivity index (χ2n) is 4.13. The Morgan fingerprint density at radius 2 is 2.00 bits per heavy atom. The van der Waals surface area contributed by atoms with Gasteiger partial charge in [0.2, 0.25) is 5.91 Å². The fourth-order valence-electron chi connectivity index (χ4n) is 1.44. The highest BCUT2D eigenvalue weighted by molar-refractivity contribution is 9.10. The summed E-state index contributed by atoms with van der Waals surface area (Å²) in [5.41, 5.74) is 5.89. The zero-order chi connectivity index (χ0) is 12.2. The highest BCUT2D eigenvalue weighted by atomic mass is 79.9. The molecule has 1 unspecified atom stereocenters. The van der Waals surface area contributed by atoms with Gasteiger partial charge in [0, 0.05) is 10.2 Å². The van der Waals surface area contributed by atoms with Gasteiger partial charge in [0.05, 0.1) is 5.54 Å². The van der Waals surface area contributed by atoms with Gasteiger partial charge in [-0.2, -0.15) is 0 Å². The number of hydrogen-bond acceptors (Lipinski definition) is 2. The number of nitrogens with two attached hydrogens (primary N) is 1. The zero-order valence-electron chi connectivity index (χ0n) is 9.59. The van der Waals surface area contributed by atoms with E-state index in [1.165, 1.54) is 0 Å². The van der Waals surface area contributed by atoms with E-state index < -0.39 is 5.54 Å². The molecule has 0 aliphatic carbocycles. The summed E-state index contributed by atoms with van der Waals surface area (Å²) in [7, 11) is 0. The number of carbonyl (C=O) groups is 1. The third-order valence-electron chi connectivity index (χ3n) is 2.39. The Labute approximate surface area is 105 Å². The van der Waals surface area contributed by atoms with Crippen LogP contribution in [0.4, 0.5) is 5.69 Å². The van der Waals surface area contributed by atoms with Crippen molar-refractivity contribution in [1.82, 2.24) is 0 Å². The predicted octanol–water partition coefficient (Wildman–Crippen LogP) is 2.91. The standard InChI is InChI=1S/C12H17BrN2O/c1-3-8-12(2,14)11(16)15-10-6-4-9(13)5-7-10/h4-7H,3,8,14H2,1-2H3,(H,15,16). The van der Waals surface area contributed by atoms with E-state index in [0.29, 0.717) is 6.42 Å². The van der Waals surface area contributed by atoms with E-state index in [0.717, 1.165) is 16.6 Å². The summed E-state index contributed by atoms with van der Waals surface area (Å²) in [6, 6.07) is 7.43. The summed E-state index contributed by atoms with van der Waals surface area (Å²) < 4.78 is 0.981. The largest absolute Gasteiger partial charge is 0.325 e. The molecular formula is C12H17BrN2O. The van der Waals surface area contributed by atoms with E-state index in [2.05, 4.69) is 21.2 Å². The minimum absolute atomic E-state index is 0.142. The van der Waals surface area contributed by atoms with E-state index in [-0.39, 0.29) is 5.91 Å². The lowest BCUT2D eigenvalue weighted by Gasteiger charge is -2.22. The van der Waals surface area contributed by atoms with Crippen LogP contribution in [0, 0.1) is 0 Å². The Morgan fingerprint density at radius 3 is 2.50 bits per heavy atom. The van der Waals surface area contributed by atoms with E-state index in [1.54, 1.807) is 6.92 Å². The maximum absolute atomic E-state index is 11.9. The first-order valence-corrected chi connectivity index (χ1v) is 6.11. The van der Waals surface area contributed by atoms with Crippen LogP contribution in [0.25, 0.3) is 0 Å². The number of anilines is 1. The van der Waals surface area contributed by atoms with Gasteiger partial charge in [0.15, 0.2) is 0 Å². The van der Waals surface area contributed by atoms with Crippen LogP contribution in [-0.4, -0.2) is 11.4 Å². The van der Waals surface area contributed by atoms with Gasteiger partial charge in [-0.05, 0) is 37.6 Å². The van der Waals surface area contributed by atoms with Gasteiger partial charge in [-0.25, -0.2) is 0 Å². The smallest absolute Gasteiger partial charge is 0.244 e. The Hall–Kier alpha value is -0.870. The normalized spacial score (nSPS) is 14.2. The average molecular weight is 285 g/mol. The van der Waals surface area contributed by atoms with Gasteiger partial charge in [-0.3, -0.25) is 4.79 Å². The van der Waals surface area contributed by atoms with Crippen LogP contribution >= 0.6 is 15.9 Å². The Balaban J connectivity index is 2.67. The van der Waals surface area contributed by atoms with E-state index >= 15 is 0 Å². The SMILES string of the molecule is CCCC(C)(N)C(=O)Nc1ccc(Br)cc1. The molecule has 0 aliphatic heterocycles. The van der Waals surface area contributed by atoms with Crippen LogP contribution in [-0.2, 0) is 4.79 Å². The van der Waals surface area contributed by atoms with Gasteiger partial charge in [-0.15, -0.1) is 0 Å². The Morgan fingerprint density at radius 1 is 1.44 bits per heavy atom. The highest BCUT2D eigenvalue weighted by Gasteiger charge is 2.26. The van der Waals surface area contributed by atoms with E-state index in [1.807, 2.05) is 31.2 Å². The van der Waals surface area contributed by atoms with E-state index in [4.69, 9.17) is 5.73 Å². The molecule has 1 rings (SSSR count). The number of benzene rings is 1. The van der Waals surface area contributed by atoms with Crippen LogP contribution in [0.2, 0.25) is 0 Å². The van der Waals surface area contributed by atoms with Crippen LogP contribution < -0.4 is 11.1 Å². The molecular weight excluding hydrogens is 268 g/mol. The van der Waals surface area contributed by atoms with Crippen molar-refractivity contribution < 1.29 is 4.79 Å². The van der Waals surface area contributed by atoms with Crippen molar-refractivity contribution in [2.45, 2.75) is 32.2 Å². The molecule has 16 heavy (non-hydrogen) atoms. The summed E-state index contributed by atoms with van der Waals surface area (Å²) in [5.74, 6) is -0.142. The molecule has 1 atom stereocenters. The Bertz CT molecular complexity index is 360. The van der Waals surface area contributed by atoms with E-state index in [9.17, 15) is 4.79 Å². The van der Waals surface area contributed by atoms with Crippen molar-refractivity contribution in [3.05, 3.63) is 28.7 Å². The predicted molar refractivity (Wildman–Crippen MR) is 70.3 cm³/mol. The molecule has 0 aromatic heterocycles. The van der Waals surface area contributed by atoms with Gasteiger partial charge in [-0.1, -0.05) is 29.3 Å². The first-order chi connectivity index (χ1) is 7.45. The highest BCUT2D eigenvalue weighted by Crippen LogP contribution is 2.16. The van der Waals surface area contributed by atoms with Gasteiger partial charge < -0.3 is 11.1 Å². The third kappa shape index (κ3) is 3.61. The lowest BCUT2D eigenvalue weighted by Crippen LogP contribution is -2.48. The molecule has 1 amide bonds. The van der Waals surface area contributed by atoms with Crippen LogP contribution in [0.5, 0.6) is 0 Å². The molecule has 0 saturated heterocycles. The van der Waals surface area contributed by atoms with Gasteiger partial charge in [0.25, 0.3) is 0 Å². The van der Waals surface area contributed by atoms with Crippen molar-refractivity contribution in [1.29, 1.82) is 0 Å². The lowest BCUT2D eigenvalue weighted by molar-refractivity contribution is -0.120. The summed E-state index contributed by atoms with van der Waals surface area (Å²) >= 11 is 3.34. The van der Waals surface area contributed by atoms with Gasteiger partial charge >= 0.3 is 0 Å². The lowest BCUT2D eigenvalue weighted by atomic mass is 9.96. The van der Waals surface area contributed by atoms with Crippen molar-refractivity contribution in [3.63, 3.8) is 0 Å². The second kappa shape index (κ2) is 5.46. The number of amides is 1. The van der Waals surface area contributed by atoms with Crippen LogP contribution in [0.3, 0.4) is 0 Å². The number of hydrogen-bond donors (Lipinski definition) is 2. The molecule has 0 radical (unpaired) electrons. The average Bonchev–Trinajstić information content (AvgIpc) is 2.21. The number of rotatable bonds is 4. The minimum atomic E-state index is -0.804. The monoisotopic (exact) mass is 284 g/mol. The quantitative estimate of drug-likeness (QED) is 0.893. The maximum Gasteiger partial charge on any atom is 0.244 e. The molecule has 1 aromatic rings. The number of halogens is 1. The molecule has 0 spiro atoms. The molecule has 4 heteroatoms. The molecule has 0 fully saturated rings. The number of nitrogens with one attached hydrogen (secondary N) is 1.